The Balaban J connectivity index is 1.49. The van der Waals surface area contributed by atoms with E-state index in [1.807, 2.05) is 30.5 Å². The standard InChI is InChI=1S/C30H32FN3O2/c1-3-4-16-34-27(18-32-30(34)25-11-13-26(31)14-12-25)22(2)33(19-23-8-6-5-7-9-23)20-24-10-15-28-29(17-24)36-21-35-28/h5-15,17-18,22H,3-4,16,19-21H2,1-2H3. The molecule has 6 heteroatoms. The van der Waals surface area contributed by atoms with Crippen molar-refractivity contribution in [3.8, 4) is 22.9 Å². The molecular formula is C30H32FN3O2. The molecule has 186 valence electrons. The number of hydrogen-bond donors (Lipinski definition) is 0. The maximum Gasteiger partial charge on any atom is 0.231 e. The summed E-state index contributed by atoms with van der Waals surface area (Å²) in [7, 11) is 0. The van der Waals surface area contributed by atoms with E-state index in [1.165, 1.54) is 23.3 Å². The highest BCUT2D eigenvalue weighted by molar-refractivity contribution is 5.56. The Labute approximate surface area is 212 Å². The Morgan fingerprint density at radius 3 is 2.47 bits per heavy atom. The van der Waals surface area contributed by atoms with Crippen molar-refractivity contribution in [2.45, 2.75) is 52.4 Å². The van der Waals surface area contributed by atoms with E-state index >= 15 is 0 Å². The fourth-order valence-corrected chi connectivity index (χ4v) is 4.71. The summed E-state index contributed by atoms with van der Waals surface area (Å²) in [5.41, 5.74) is 4.50. The molecule has 0 spiro atoms. The third-order valence-corrected chi connectivity index (χ3v) is 6.75. The molecule has 1 unspecified atom stereocenters. The number of halogens is 1. The number of rotatable bonds is 10. The van der Waals surface area contributed by atoms with Crippen LogP contribution in [0.1, 0.15) is 49.6 Å². The van der Waals surface area contributed by atoms with Gasteiger partial charge in [0.1, 0.15) is 11.6 Å². The van der Waals surface area contributed by atoms with E-state index in [1.54, 1.807) is 0 Å². The van der Waals surface area contributed by atoms with Gasteiger partial charge in [0, 0.05) is 31.2 Å². The Morgan fingerprint density at radius 1 is 0.944 bits per heavy atom. The number of aromatic nitrogens is 2. The minimum atomic E-state index is -0.239. The van der Waals surface area contributed by atoms with Crippen LogP contribution in [0.25, 0.3) is 11.4 Å². The number of fused-ring (bicyclic) bond motifs is 1. The van der Waals surface area contributed by atoms with Crippen LogP contribution in [0.2, 0.25) is 0 Å². The molecule has 1 aliphatic heterocycles. The first kappa shape index (κ1) is 24.1. The molecule has 4 aromatic rings. The van der Waals surface area contributed by atoms with Gasteiger partial charge in [0.15, 0.2) is 11.5 Å². The Morgan fingerprint density at radius 2 is 1.69 bits per heavy atom. The van der Waals surface area contributed by atoms with Crippen molar-refractivity contribution >= 4 is 0 Å². The molecule has 3 aromatic carbocycles. The van der Waals surface area contributed by atoms with Crippen LogP contribution in [0, 0.1) is 5.82 Å². The zero-order valence-corrected chi connectivity index (χ0v) is 20.9. The van der Waals surface area contributed by atoms with Crippen LogP contribution in [-0.2, 0) is 19.6 Å². The highest BCUT2D eigenvalue weighted by Gasteiger charge is 2.24. The molecule has 0 aliphatic carbocycles. The largest absolute Gasteiger partial charge is 0.454 e. The van der Waals surface area contributed by atoms with Gasteiger partial charge < -0.3 is 14.0 Å². The second-order valence-electron chi connectivity index (χ2n) is 9.27. The van der Waals surface area contributed by atoms with Crippen molar-refractivity contribution in [2.75, 3.05) is 6.79 Å². The molecule has 5 rings (SSSR count). The van der Waals surface area contributed by atoms with E-state index in [9.17, 15) is 4.39 Å². The summed E-state index contributed by atoms with van der Waals surface area (Å²) >= 11 is 0. The lowest BCUT2D eigenvalue weighted by molar-refractivity contribution is 0.173. The predicted octanol–water partition coefficient (Wildman–Crippen LogP) is 6.98. The lowest BCUT2D eigenvalue weighted by atomic mass is 10.1. The number of ether oxygens (including phenoxy) is 2. The smallest absolute Gasteiger partial charge is 0.231 e. The van der Waals surface area contributed by atoms with E-state index in [0.29, 0.717) is 0 Å². The third kappa shape index (κ3) is 5.29. The summed E-state index contributed by atoms with van der Waals surface area (Å²) in [6.07, 6.45) is 4.11. The fraction of sp³-hybridized carbons (Fsp3) is 0.300. The number of unbranched alkanes of at least 4 members (excludes halogenated alkanes) is 1. The van der Waals surface area contributed by atoms with Crippen molar-refractivity contribution in [3.63, 3.8) is 0 Å². The summed E-state index contributed by atoms with van der Waals surface area (Å²) in [6.45, 7) is 7.11. The number of imidazole rings is 1. The maximum absolute atomic E-state index is 13.6. The highest BCUT2D eigenvalue weighted by atomic mass is 19.1. The average molecular weight is 486 g/mol. The van der Waals surface area contributed by atoms with E-state index in [4.69, 9.17) is 14.5 Å². The first-order valence-corrected chi connectivity index (χ1v) is 12.6. The quantitative estimate of drug-likeness (QED) is 0.243. The summed E-state index contributed by atoms with van der Waals surface area (Å²) in [4.78, 5) is 7.27. The Bertz CT molecular complexity index is 1290. The van der Waals surface area contributed by atoms with E-state index < -0.39 is 0 Å². The van der Waals surface area contributed by atoms with Crippen molar-refractivity contribution in [3.05, 3.63) is 102 Å². The van der Waals surface area contributed by atoms with Crippen LogP contribution >= 0.6 is 0 Å². The van der Waals surface area contributed by atoms with Crippen LogP contribution in [0.4, 0.5) is 4.39 Å². The van der Waals surface area contributed by atoms with Crippen molar-refractivity contribution in [2.24, 2.45) is 0 Å². The lowest BCUT2D eigenvalue weighted by Crippen LogP contribution is -2.28. The normalized spacial score (nSPS) is 13.3. The Kier molecular flexibility index (Phi) is 7.33. The van der Waals surface area contributed by atoms with Crippen LogP contribution in [0.3, 0.4) is 0 Å². The number of benzene rings is 3. The predicted molar refractivity (Wildman–Crippen MR) is 139 cm³/mol. The SMILES string of the molecule is CCCCn1c(C(C)N(Cc2ccccc2)Cc2ccc3c(c2)OCO3)cnc1-c1ccc(F)cc1. The minimum absolute atomic E-state index is 0.0918. The first-order valence-electron chi connectivity index (χ1n) is 12.6. The van der Waals surface area contributed by atoms with Crippen molar-refractivity contribution in [1.29, 1.82) is 0 Å². The molecule has 36 heavy (non-hydrogen) atoms. The molecule has 0 N–H and O–H groups in total. The van der Waals surface area contributed by atoms with Gasteiger partial charge in [-0.2, -0.15) is 0 Å². The van der Waals surface area contributed by atoms with Gasteiger partial charge in [-0.3, -0.25) is 4.90 Å². The lowest BCUT2D eigenvalue weighted by Gasteiger charge is -2.30. The van der Waals surface area contributed by atoms with Gasteiger partial charge in [0.05, 0.1) is 11.9 Å². The van der Waals surface area contributed by atoms with Crippen molar-refractivity contribution < 1.29 is 13.9 Å². The van der Waals surface area contributed by atoms with Gasteiger partial charge in [0.2, 0.25) is 6.79 Å². The zero-order valence-electron chi connectivity index (χ0n) is 20.9. The zero-order chi connectivity index (χ0) is 24.9. The average Bonchev–Trinajstić information content (AvgIpc) is 3.54. The molecule has 2 heterocycles. The first-order chi connectivity index (χ1) is 17.6. The van der Waals surface area contributed by atoms with Crippen LogP contribution in [0.15, 0.2) is 79.0 Å². The van der Waals surface area contributed by atoms with E-state index in [-0.39, 0.29) is 18.7 Å². The molecule has 0 amide bonds. The second kappa shape index (κ2) is 11.0. The van der Waals surface area contributed by atoms with Crippen LogP contribution < -0.4 is 9.47 Å². The highest BCUT2D eigenvalue weighted by Crippen LogP contribution is 2.34. The van der Waals surface area contributed by atoms with E-state index in [2.05, 4.69) is 59.7 Å². The van der Waals surface area contributed by atoms with Gasteiger partial charge in [-0.1, -0.05) is 49.7 Å². The number of nitrogens with zero attached hydrogens (tertiary/aromatic N) is 3. The minimum Gasteiger partial charge on any atom is -0.454 e. The Hall–Kier alpha value is -3.64. The molecule has 1 atom stereocenters. The molecule has 0 fully saturated rings. The fourth-order valence-electron chi connectivity index (χ4n) is 4.71. The molecular weight excluding hydrogens is 453 g/mol. The van der Waals surface area contributed by atoms with Crippen molar-refractivity contribution in [1.82, 2.24) is 14.5 Å². The molecule has 5 nitrogen and oxygen atoms in total. The summed E-state index contributed by atoms with van der Waals surface area (Å²) in [6, 6.07) is 23.4. The van der Waals surface area contributed by atoms with Crippen LogP contribution in [-0.4, -0.2) is 21.2 Å². The topological polar surface area (TPSA) is 39.5 Å². The molecule has 0 radical (unpaired) electrons. The summed E-state index contributed by atoms with van der Waals surface area (Å²) in [5, 5.41) is 0. The third-order valence-electron chi connectivity index (χ3n) is 6.75. The van der Waals surface area contributed by atoms with Gasteiger partial charge in [-0.25, -0.2) is 9.37 Å². The van der Waals surface area contributed by atoms with Crippen LogP contribution in [0.5, 0.6) is 11.5 Å². The number of hydrogen-bond acceptors (Lipinski definition) is 4. The molecule has 0 saturated heterocycles. The molecule has 1 aliphatic rings. The van der Waals surface area contributed by atoms with Gasteiger partial charge in [-0.05, 0) is 60.9 Å². The molecule has 1 aromatic heterocycles. The second-order valence-corrected chi connectivity index (χ2v) is 9.27. The van der Waals surface area contributed by atoms with E-state index in [0.717, 1.165) is 61.1 Å². The van der Waals surface area contributed by atoms with Gasteiger partial charge in [0.25, 0.3) is 0 Å². The van der Waals surface area contributed by atoms with Gasteiger partial charge in [-0.15, -0.1) is 0 Å². The summed E-state index contributed by atoms with van der Waals surface area (Å²) < 4.78 is 27.0. The maximum atomic E-state index is 13.6. The summed E-state index contributed by atoms with van der Waals surface area (Å²) in [5.74, 6) is 2.24. The molecule has 0 saturated carbocycles. The monoisotopic (exact) mass is 485 g/mol. The molecule has 0 bridgehead atoms. The van der Waals surface area contributed by atoms with Gasteiger partial charge >= 0.3 is 0 Å².